The molecule has 24 heavy (non-hydrogen) atoms. The molecule has 2 aromatic rings. The van der Waals surface area contributed by atoms with Gasteiger partial charge in [-0.2, -0.15) is 0 Å². The Morgan fingerprint density at radius 3 is 2.42 bits per heavy atom. The molecule has 3 rings (SSSR count). The molecule has 1 amide bonds. The molecule has 0 radical (unpaired) electrons. The number of methoxy groups -OCH3 is 1. The maximum atomic E-state index is 12.6. The summed E-state index contributed by atoms with van der Waals surface area (Å²) in [7, 11) is 1.65. The molecule has 1 saturated heterocycles. The summed E-state index contributed by atoms with van der Waals surface area (Å²) in [5.74, 6) is 0.962. The van der Waals surface area contributed by atoms with Gasteiger partial charge in [-0.25, -0.2) is 0 Å². The van der Waals surface area contributed by atoms with Gasteiger partial charge in [0.05, 0.1) is 13.5 Å². The molecule has 4 heteroatoms. The number of piperazine rings is 1. The number of aryl methyl sites for hydroxylation is 1. The second kappa shape index (κ2) is 7.39. The number of carbonyl (C=O) groups is 1. The maximum Gasteiger partial charge on any atom is 0.227 e. The predicted molar refractivity (Wildman–Crippen MR) is 96.7 cm³/mol. The molecule has 126 valence electrons. The first kappa shape index (κ1) is 16.4. The van der Waals surface area contributed by atoms with Gasteiger partial charge in [0, 0.05) is 37.4 Å². The molecule has 1 aliphatic rings. The molecule has 4 nitrogen and oxygen atoms in total. The Balaban J connectivity index is 1.61. The van der Waals surface area contributed by atoms with Gasteiger partial charge >= 0.3 is 0 Å². The number of hydrogen-bond donors (Lipinski definition) is 0. The van der Waals surface area contributed by atoms with Crippen LogP contribution < -0.4 is 9.64 Å². The van der Waals surface area contributed by atoms with Crippen LogP contribution in [0.2, 0.25) is 0 Å². The summed E-state index contributed by atoms with van der Waals surface area (Å²) in [6.07, 6.45) is 0.399. The lowest BCUT2D eigenvalue weighted by atomic mass is 10.1. The second-order valence-electron chi connectivity index (χ2n) is 6.20. The summed E-state index contributed by atoms with van der Waals surface area (Å²) in [5, 5.41) is 0. The van der Waals surface area contributed by atoms with Crippen molar-refractivity contribution < 1.29 is 9.53 Å². The van der Waals surface area contributed by atoms with Crippen molar-refractivity contribution in [2.75, 3.05) is 38.2 Å². The molecular weight excluding hydrogens is 300 g/mol. The molecule has 0 spiro atoms. The Kier molecular flexibility index (Phi) is 5.04. The van der Waals surface area contributed by atoms with E-state index in [0.29, 0.717) is 6.42 Å². The first-order valence-electron chi connectivity index (χ1n) is 8.38. The second-order valence-corrected chi connectivity index (χ2v) is 6.20. The highest BCUT2D eigenvalue weighted by molar-refractivity contribution is 5.80. The van der Waals surface area contributed by atoms with Crippen LogP contribution in [0.15, 0.2) is 48.5 Å². The van der Waals surface area contributed by atoms with Crippen molar-refractivity contribution in [2.24, 2.45) is 0 Å². The molecule has 2 aromatic carbocycles. The van der Waals surface area contributed by atoms with Crippen molar-refractivity contribution in [3.8, 4) is 5.75 Å². The van der Waals surface area contributed by atoms with E-state index in [2.05, 4.69) is 29.2 Å². The third kappa shape index (κ3) is 3.70. The van der Waals surface area contributed by atoms with Gasteiger partial charge in [0.1, 0.15) is 5.75 Å². The highest BCUT2D eigenvalue weighted by Gasteiger charge is 2.22. The molecule has 0 aliphatic carbocycles. The van der Waals surface area contributed by atoms with E-state index in [4.69, 9.17) is 4.74 Å². The van der Waals surface area contributed by atoms with Crippen LogP contribution in [0.4, 0.5) is 5.69 Å². The molecule has 0 saturated carbocycles. The number of ether oxygens (including phenoxy) is 1. The number of anilines is 1. The first-order chi connectivity index (χ1) is 11.7. The van der Waals surface area contributed by atoms with Gasteiger partial charge in [0.2, 0.25) is 5.91 Å². The lowest BCUT2D eigenvalue weighted by Gasteiger charge is -2.36. The Morgan fingerprint density at radius 2 is 1.75 bits per heavy atom. The molecule has 1 aliphatic heterocycles. The van der Waals surface area contributed by atoms with Crippen molar-refractivity contribution in [3.05, 3.63) is 59.7 Å². The van der Waals surface area contributed by atoms with E-state index in [0.717, 1.165) is 43.1 Å². The van der Waals surface area contributed by atoms with Gasteiger partial charge in [-0.1, -0.05) is 35.9 Å². The minimum Gasteiger partial charge on any atom is -0.496 e. The molecule has 0 atom stereocenters. The Bertz CT molecular complexity index is 692. The van der Waals surface area contributed by atoms with Gasteiger partial charge in [-0.05, 0) is 25.1 Å². The molecule has 0 aromatic heterocycles. The van der Waals surface area contributed by atoms with E-state index < -0.39 is 0 Å². The standard InChI is InChI=1S/C20H24N2O2/c1-16-8-9-19(24-2)17(14-16)15-20(23)22-12-10-21(11-13-22)18-6-4-3-5-7-18/h3-9,14H,10-13,15H2,1-2H3. The van der Waals surface area contributed by atoms with Crippen LogP contribution in [0.5, 0.6) is 5.75 Å². The van der Waals surface area contributed by atoms with Crippen molar-refractivity contribution in [2.45, 2.75) is 13.3 Å². The Hall–Kier alpha value is -2.49. The van der Waals surface area contributed by atoms with Gasteiger partial charge in [0.15, 0.2) is 0 Å². The molecule has 1 heterocycles. The number of nitrogens with zero attached hydrogens (tertiary/aromatic N) is 2. The fourth-order valence-electron chi connectivity index (χ4n) is 3.17. The van der Waals surface area contributed by atoms with Crippen molar-refractivity contribution in [1.82, 2.24) is 4.90 Å². The number of para-hydroxylation sites is 1. The van der Waals surface area contributed by atoms with Gasteiger partial charge in [-0.15, -0.1) is 0 Å². The first-order valence-corrected chi connectivity index (χ1v) is 8.38. The Labute approximate surface area is 143 Å². The van der Waals surface area contributed by atoms with E-state index in [9.17, 15) is 4.79 Å². The smallest absolute Gasteiger partial charge is 0.227 e. The van der Waals surface area contributed by atoms with E-state index >= 15 is 0 Å². The lowest BCUT2D eigenvalue weighted by molar-refractivity contribution is -0.130. The van der Waals surface area contributed by atoms with E-state index in [1.54, 1.807) is 7.11 Å². The van der Waals surface area contributed by atoms with Crippen LogP contribution in [0.3, 0.4) is 0 Å². The zero-order valence-electron chi connectivity index (χ0n) is 14.4. The number of carbonyl (C=O) groups excluding carboxylic acids is 1. The topological polar surface area (TPSA) is 32.8 Å². The van der Waals surface area contributed by atoms with Gasteiger partial charge < -0.3 is 14.5 Å². The van der Waals surface area contributed by atoms with Gasteiger partial charge in [0.25, 0.3) is 0 Å². The fraction of sp³-hybridized carbons (Fsp3) is 0.350. The van der Waals surface area contributed by atoms with Crippen molar-refractivity contribution in [3.63, 3.8) is 0 Å². The molecule has 0 bridgehead atoms. The quantitative estimate of drug-likeness (QED) is 0.867. The van der Waals surface area contributed by atoms with E-state index in [1.165, 1.54) is 5.69 Å². The fourth-order valence-corrected chi connectivity index (χ4v) is 3.17. The van der Waals surface area contributed by atoms with Crippen LogP contribution in [0, 0.1) is 6.92 Å². The molecular formula is C20H24N2O2. The van der Waals surface area contributed by atoms with Gasteiger partial charge in [-0.3, -0.25) is 4.79 Å². The van der Waals surface area contributed by atoms with Crippen LogP contribution in [0.1, 0.15) is 11.1 Å². The highest BCUT2D eigenvalue weighted by Crippen LogP contribution is 2.21. The zero-order valence-corrected chi connectivity index (χ0v) is 14.4. The van der Waals surface area contributed by atoms with Crippen molar-refractivity contribution >= 4 is 11.6 Å². The number of rotatable bonds is 4. The maximum absolute atomic E-state index is 12.6. The SMILES string of the molecule is COc1ccc(C)cc1CC(=O)N1CCN(c2ccccc2)CC1. The van der Waals surface area contributed by atoms with Crippen LogP contribution in [0.25, 0.3) is 0 Å². The molecule has 1 fully saturated rings. The molecule has 0 unspecified atom stereocenters. The average Bonchev–Trinajstić information content (AvgIpc) is 2.63. The van der Waals surface area contributed by atoms with Crippen molar-refractivity contribution in [1.29, 1.82) is 0 Å². The van der Waals surface area contributed by atoms with Crippen LogP contribution >= 0.6 is 0 Å². The summed E-state index contributed by atoms with van der Waals surface area (Å²) in [6.45, 7) is 5.32. The minimum absolute atomic E-state index is 0.173. The third-order valence-corrected chi connectivity index (χ3v) is 4.53. The number of hydrogen-bond acceptors (Lipinski definition) is 3. The van der Waals surface area contributed by atoms with E-state index in [1.807, 2.05) is 36.1 Å². The molecule has 0 N–H and O–H groups in total. The summed E-state index contributed by atoms with van der Waals surface area (Å²) in [5.41, 5.74) is 3.34. The number of amides is 1. The predicted octanol–water partition coefficient (Wildman–Crippen LogP) is 2.89. The summed E-state index contributed by atoms with van der Waals surface area (Å²) >= 11 is 0. The number of benzene rings is 2. The third-order valence-electron chi connectivity index (χ3n) is 4.53. The largest absolute Gasteiger partial charge is 0.496 e. The Morgan fingerprint density at radius 1 is 1.04 bits per heavy atom. The normalized spacial score (nSPS) is 14.6. The highest BCUT2D eigenvalue weighted by atomic mass is 16.5. The summed E-state index contributed by atoms with van der Waals surface area (Å²) < 4.78 is 5.38. The van der Waals surface area contributed by atoms with Crippen LogP contribution in [-0.2, 0) is 11.2 Å². The minimum atomic E-state index is 0.173. The average molecular weight is 324 g/mol. The van der Waals surface area contributed by atoms with E-state index in [-0.39, 0.29) is 5.91 Å². The lowest BCUT2D eigenvalue weighted by Crippen LogP contribution is -2.49. The van der Waals surface area contributed by atoms with Crippen LogP contribution in [-0.4, -0.2) is 44.1 Å². The summed E-state index contributed by atoms with van der Waals surface area (Å²) in [6, 6.07) is 16.4. The zero-order chi connectivity index (χ0) is 16.9. The summed E-state index contributed by atoms with van der Waals surface area (Å²) in [4.78, 5) is 16.9. The monoisotopic (exact) mass is 324 g/mol.